The van der Waals surface area contributed by atoms with E-state index in [1.165, 1.54) is 25.2 Å². The van der Waals surface area contributed by atoms with E-state index in [2.05, 4.69) is 15.6 Å². The van der Waals surface area contributed by atoms with E-state index in [1.807, 2.05) is 0 Å². The minimum Gasteiger partial charge on any atom is -0.295 e. The molecule has 0 saturated carbocycles. The lowest BCUT2D eigenvalue weighted by molar-refractivity contribution is 0.0962. The zero-order valence-corrected chi connectivity index (χ0v) is 17.2. The van der Waals surface area contributed by atoms with E-state index in [1.54, 1.807) is 19.9 Å². The second kappa shape index (κ2) is 8.02. The van der Waals surface area contributed by atoms with Gasteiger partial charge in [-0.3, -0.25) is 15.6 Å². The predicted molar refractivity (Wildman–Crippen MR) is 105 cm³/mol. The maximum absolute atomic E-state index is 12.4. The highest BCUT2D eigenvalue weighted by Gasteiger charge is 2.19. The van der Waals surface area contributed by atoms with Crippen molar-refractivity contribution >= 4 is 56.4 Å². The van der Waals surface area contributed by atoms with Gasteiger partial charge in [0.15, 0.2) is 0 Å². The van der Waals surface area contributed by atoms with Crippen LogP contribution in [0.5, 0.6) is 0 Å². The van der Waals surface area contributed by atoms with Crippen molar-refractivity contribution in [1.82, 2.24) is 10.1 Å². The molecular formula is C16H16Cl3N3O3S. The van der Waals surface area contributed by atoms with Crippen molar-refractivity contribution in [3.05, 3.63) is 56.0 Å². The van der Waals surface area contributed by atoms with Crippen LogP contribution >= 0.6 is 34.8 Å². The summed E-state index contributed by atoms with van der Waals surface area (Å²) in [6, 6.07) is 5.83. The van der Waals surface area contributed by atoms with Crippen LogP contribution < -0.4 is 15.6 Å². The van der Waals surface area contributed by atoms with E-state index in [-0.39, 0.29) is 26.2 Å². The molecule has 0 aliphatic carbocycles. The minimum atomic E-state index is -3.70. The fraction of sp³-hybridized carbons (Fsp3) is 0.188. The zero-order chi connectivity index (χ0) is 19.6. The number of aryl methyl sites for hydroxylation is 1. The maximum atomic E-state index is 12.4. The fourth-order valence-electron chi connectivity index (χ4n) is 2.20. The first kappa shape index (κ1) is 20.8. The Morgan fingerprint density at radius 3 is 2.12 bits per heavy atom. The molecule has 0 heterocycles. The molecule has 26 heavy (non-hydrogen) atoms. The average Bonchev–Trinajstić information content (AvgIpc) is 2.55. The number of amides is 1. The van der Waals surface area contributed by atoms with Gasteiger partial charge in [0.1, 0.15) is 0 Å². The normalized spacial score (nSPS) is 11.3. The number of rotatable bonds is 5. The van der Waals surface area contributed by atoms with E-state index in [0.29, 0.717) is 16.1 Å². The summed E-state index contributed by atoms with van der Waals surface area (Å²) in [7, 11) is -2.39. The zero-order valence-electron chi connectivity index (χ0n) is 14.1. The summed E-state index contributed by atoms with van der Waals surface area (Å²) < 4.78 is 26.5. The molecule has 0 aromatic heterocycles. The molecule has 0 spiro atoms. The van der Waals surface area contributed by atoms with Crippen LogP contribution in [0.4, 0.5) is 5.69 Å². The summed E-state index contributed by atoms with van der Waals surface area (Å²) in [6.07, 6.45) is 0. The molecule has 0 saturated heterocycles. The lowest BCUT2D eigenvalue weighted by Gasteiger charge is -2.14. The predicted octanol–water partition coefficient (Wildman–Crippen LogP) is 3.93. The quantitative estimate of drug-likeness (QED) is 0.620. The number of anilines is 1. The highest BCUT2D eigenvalue weighted by Crippen LogP contribution is 2.33. The summed E-state index contributed by atoms with van der Waals surface area (Å²) in [5, 5.41) is 0.802. The van der Waals surface area contributed by atoms with Crippen molar-refractivity contribution in [2.75, 3.05) is 12.5 Å². The van der Waals surface area contributed by atoms with Crippen LogP contribution in [0.2, 0.25) is 15.1 Å². The van der Waals surface area contributed by atoms with Gasteiger partial charge in [-0.25, -0.2) is 13.1 Å². The molecule has 0 radical (unpaired) electrons. The Morgan fingerprint density at radius 1 is 1.00 bits per heavy atom. The molecule has 1 amide bonds. The monoisotopic (exact) mass is 435 g/mol. The first-order chi connectivity index (χ1) is 12.1. The van der Waals surface area contributed by atoms with Crippen LogP contribution in [-0.4, -0.2) is 21.4 Å². The van der Waals surface area contributed by atoms with Crippen molar-refractivity contribution in [2.45, 2.75) is 18.7 Å². The number of nitrogens with one attached hydrogen (secondary N) is 3. The molecule has 0 bridgehead atoms. The third-order valence-electron chi connectivity index (χ3n) is 3.75. The average molecular weight is 437 g/mol. The topological polar surface area (TPSA) is 87.3 Å². The van der Waals surface area contributed by atoms with Crippen molar-refractivity contribution in [1.29, 1.82) is 0 Å². The molecule has 3 N–H and O–H groups in total. The van der Waals surface area contributed by atoms with Gasteiger partial charge in [0.05, 0.1) is 20.6 Å². The van der Waals surface area contributed by atoms with Crippen LogP contribution in [0.15, 0.2) is 29.2 Å². The van der Waals surface area contributed by atoms with Gasteiger partial charge in [0.2, 0.25) is 10.0 Å². The summed E-state index contributed by atoms with van der Waals surface area (Å²) in [6.45, 7) is 3.40. The summed E-state index contributed by atoms with van der Waals surface area (Å²) in [4.78, 5) is 12.5. The van der Waals surface area contributed by atoms with E-state index in [9.17, 15) is 13.2 Å². The number of benzene rings is 2. The number of hydrogen-bond donors (Lipinski definition) is 3. The molecule has 140 valence electrons. The van der Waals surface area contributed by atoms with Gasteiger partial charge in [-0.05, 0) is 56.3 Å². The SMILES string of the molecule is CNS(=O)(=O)c1cc(C(=O)NNc2c(Cl)cc(Cl)cc2Cl)cc(C)c1C. The summed E-state index contributed by atoms with van der Waals surface area (Å²) in [5.74, 6) is -0.553. The van der Waals surface area contributed by atoms with Crippen molar-refractivity contribution in [2.24, 2.45) is 0 Å². The lowest BCUT2D eigenvalue weighted by Crippen LogP contribution is -2.30. The van der Waals surface area contributed by atoms with Crippen molar-refractivity contribution in [3.63, 3.8) is 0 Å². The van der Waals surface area contributed by atoms with Crippen LogP contribution in [0.3, 0.4) is 0 Å². The summed E-state index contributed by atoms with van der Waals surface area (Å²) >= 11 is 17.9. The van der Waals surface area contributed by atoms with Crippen LogP contribution in [-0.2, 0) is 10.0 Å². The Balaban J connectivity index is 2.31. The number of carbonyl (C=O) groups is 1. The second-order valence-corrected chi connectivity index (χ2v) is 8.55. The minimum absolute atomic E-state index is 0.0349. The van der Waals surface area contributed by atoms with E-state index in [0.717, 1.165) is 0 Å². The largest absolute Gasteiger partial charge is 0.295 e. The van der Waals surface area contributed by atoms with Gasteiger partial charge in [-0.15, -0.1) is 0 Å². The standard InChI is InChI=1S/C16H16Cl3N3O3S/c1-8-4-10(5-14(9(8)2)26(24,25)20-3)16(23)22-21-15-12(18)6-11(17)7-13(15)19/h4-7,20-21H,1-3H3,(H,22,23). The second-order valence-electron chi connectivity index (χ2n) is 5.45. The maximum Gasteiger partial charge on any atom is 0.269 e. The number of hydrogen-bond acceptors (Lipinski definition) is 4. The van der Waals surface area contributed by atoms with E-state index < -0.39 is 15.9 Å². The van der Waals surface area contributed by atoms with Crippen LogP contribution in [0, 0.1) is 13.8 Å². The Hall–Kier alpha value is -1.51. The molecule has 0 atom stereocenters. The van der Waals surface area contributed by atoms with Gasteiger partial charge < -0.3 is 0 Å². The van der Waals surface area contributed by atoms with E-state index >= 15 is 0 Å². The molecule has 2 aromatic rings. The van der Waals surface area contributed by atoms with E-state index in [4.69, 9.17) is 34.8 Å². The molecular weight excluding hydrogens is 421 g/mol. The van der Waals surface area contributed by atoms with Gasteiger partial charge in [0.25, 0.3) is 5.91 Å². The Kier molecular flexibility index (Phi) is 6.42. The third kappa shape index (κ3) is 4.42. The number of hydrazine groups is 1. The molecule has 10 heteroatoms. The van der Waals surface area contributed by atoms with Crippen LogP contribution in [0.25, 0.3) is 0 Å². The fourth-order valence-corrected chi connectivity index (χ4v) is 4.18. The van der Waals surface area contributed by atoms with Crippen molar-refractivity contribution in [3.8, 4) is 0 Å². The Bertz CT molecular complexity index is 955. The Labute approximate surface area is 166 Å². The van der Waals surface area contributed by atoms with Gasteiger partial charge in [0, 0.05) is 10.6 Å². The number of sulfonamides is 1. The van der Waals surface area contributed by atoms with Gasteiger partial charge in [-0.1, -0.05) is 34.8 Å². The molecule has 0 aliphatic rings. The van der Waals surface area contributed by atoms with Gasteiger partial charge >= 0.3 is 0 Å². The van der Waals surface area contributed by atoms with Gasteiger partial charge in [-0.2, -0.15) is 0 Å². The first-order valence-electron chi connectivity index (χ1n) is 7.32. The molecule has 2 rings (SSSR count). The molecule has 6 nitrogen and oxygen atoms in total. The van der Waals surface area contributed by atoms with Crippen LogP contribution in [0.1, 0.15) is 21.5 Å². The summed E-state index contributed by atoms with van der Waals surface area (Å²) in [5.41, 5.74) is 6.73. The smallest absolute Gasteiger partial charge is 0.269 e. The molecule has 2 aromatic carbocycles. The number of halogens is 3. The highest BCUT2D eigenvalue weighted by molar-refractivity contribution is 7.89. The first-order valence-corrected chi connectivity index (χ1v) is 9.94. The lowest BCUT2D eigenvalue weighted by atomic mass is 10.1. The molecule has 0 fully saturated rings. The van der Waals surface area contributed by atoms with Crippen molar-refractivity contribution < 1.29 is 13.2 Å². The highest BCUT2D eigenvalue weighted by atomic mass is 35.5. The Morgan fingerprint density at radius 2 is 1.58 bits per heavy atom. The third-order valence-corrected chi connectivity index (χ3v) is 6.10. The number of carbonyl (C=O) groups excluding carboxylic acids is 1. The molecule has 0 aliphatic heterocycles. The molecule has 0 unspecified atom stereocenters.